The summed E-state index contributed by atoms with van der Waals surface area (Å²) in [6.07, 6.45) is 11.0. The molecule has 15 nitrogen and oxygen atoms in total. The minimum Gasteiger partial charge on any atom is -0.491 e. The number of benzene rings is 1. The molecule has 3 N–H and O–H groups in total. The molecule has 8 rings (SSSR count). The first-order valence-corrected chi connectivity index (χ1v) is 21.9. The topological polar surface area (TPSA) is 195 Å². The molecule has 1 saturated heterocycles. The number of hydrogen-bond donors (Lipinski definition) is 3. The molecule has 0 radical (unpaired) electrons. The number of carbonyl (C=O) groups is 4. The number of rotatable bonds is 8. The Hall–Kier alpha value is -4.77. The SMILES string of the molecule is COc1c(-c2cccc3sccc23)cnn(C2C[C@H]3C(=O)NC4(C(=O)NS(=O)(=O)C5CC5)CC4/C=C\CCCCCC(NC(=O)OC4CCC4)C(=O)N3C2)c1=O. The smallest absolute Gasteiger partial charge is 0.408 e. The van der Waals surface area contributed by atoms with Crippen LogP contribution in [0.4, 0.5) is 4.79 Å². The Kier molecular flexibility index (Phi) is 10.4. The number of nitrogens with zero attached hydrogens (tertiary/aromatic N) is 3. The van der Waals surface area contributed by atoms with Crippen molar-refractivity contribution in [3.8, 4) is 16.9 Å². The predicted octanol–water partition coefficient (Wildman–Crippen LogP) is 3.93. The van der Waals surface area contributed by atoms with E-state index in [0.29, 0.717) is 37.7 Å². The fraction of sp³-hybridized carbons (Fsp3) is 0.538. The normalized spacial score (nSPS) is 27.8. The highest BCUT2D eigenvalue weighted by Gasteiger charge is 2.62. The Morgan fingerprint density at radius 2 is 1.84 bits per heavy atom. The lowest BCUT2D eigenvalue weighted by molar-refractivity contribution is -0.141. The van der Waals surface area contributed by atoms with E-state index in [1.165, 1.54) is 16.7 Å². The monoisotopic (exact) mass is 806 g/mol. The molecule has 4 heterocycles. The molecule has 2 aromatic heterocycles. The Bertz CT molecular complexity index is 2250. The van der Waals surface area contributed by atoms with Crippen molar-refractivity contribution in [2.24, 2.45) is 5.92 Å². The lowest BCUT2D eigenvalue weighted by atomic mass is 9.96. The number of ether oxygens (including phenoxy) is 2. The van der Waals surface area contributed by atoms with E-state index in [4.69, 9.17) is 9.47 Å². The molecule has 3 saturated carbocycles. The number of nitrogens with one attached hydrogen (secondary N) is 3. The van der Waals surface area contributed by atoms with Crippen LogP contribution in [0.15, 0.2) is 52.8 Å². The summed E-state index contributed by atoms with van der Waals surface area (Å²) in [5.41, 5.74) is -0.829. The maximum atomic E-state index is 14.6. The molecule has 17 heteroatoms. The zero-order chi connectivity index (χ0) is 39.2. The van der Waals surface area contributed by atoms with Gasteiger partial charge in [-0.25, -0.2) is 17.9 Å². The first-order chi connectivity index (χ1) is 27.0. The molecule has 5 atom stereocenters. The minimum absolute atomic E-state index is 0.0507. The van der Waals surface area contributed by atoms with Gasteiger partial charge in [0.15, 0.2) is 5.75 Å². The van der Waals surface area contributed by atoms with Gasteiger partial charge in [-0.2, -0.15) is 5.10 Å². The number of aromatic nitrogens is 2. The van der Waals surface area contributed by atoms with Crippen molar-refractivity contribution in [2.75, 3.05) is 13.7 Å². The number of amides is 4. The van der Waals surface area contributed by atoms with Crippen LogP contribution in [-0.2, 0) is 29.1 Å². The fourth-order valence-electron chi connectivity index (χ4n) is 8.10. The van der Waals surface area contributed by atoms with Crippen molar-refractivity contribution in [3.05, 3.63) is 58.3 Å². The van der Waals surface area contributed by atoms with E-state index in [1.54, 1.807) is 17.5 Å². The predicted molar refractivity (Wildman–Crippen MR) is 207 cm³/mol. The summed E-state index contributed by atoms with van der Waals surface area (Å²) in [7, 11) is -2.52. The average molecular weight is 807 g/mol. The van der Waals surface area contributed by atoms with Gasteiger partial charge in [0.1, 0.15) is 23.7 Å². The Labute approximate surface area is 328 Å². The average Bonchev–Trinajstić information content (AvgIpc) is 4.03. The molecular formula is C39H46N6O9S2. The zero-order valence-corrected chi connectivity index (χ0v) is 32.7. The van der Waals surface area contributed by atoms with E-state index in [9.17, 15) is 32.4 Å². The first-order valence-electron chi connectivity index (χ1n) is 19.4. The van der Waals surface area contributed by atoms with Crippen LogP contribution >= 0.6 is 11.3 Å². The third-order valence-electron chi connectivity index (χ3n) is 11.8. The summed E-state index contributed by atoms with van der Waals surface area (Å²) in [5, 5.41) is 12.4. The van der Waals surface area contributed by atoms with Crippen molar-refractivity contribution in [1.82, 2.24) is 30.0 Å². The number of sulfonamides is 1. The zero-order valence-electron chi connectivity index (χ0n) is 31.1. The van der Waals surface area contributed by atoms with Gasteiger partial charge in [0.25, 0.3) is 5.91 Å². The van der Waals surface area contributed by atoms with Gasteiger partial charge in [0, 0.05) is 29.0 Å². The number of alkyl carbamates (subject to hydrolysis) is 1. The second-order valence-corrected chi connectivity index (χ2v) is 18.5. The number of hydrogen-bond acceptors (Lipinski definition) is 11. The molecule has 2 aliphatic heterocycles. The van der Waals surface area contributed by atoms with Crippen LogP contribution in [0, 0.1) is 5.92 Å². The van der Waals surface area contributed by atoms with Gasteiger partial charge in [-0.05, 0) is 80.9 Å². The quantitative estimate of drug-likeness (QED) is 0.281. The maximum Gasteiger partial charge on any atom is 0.408 e. The fourth-order valence-corrected chi connectivity index (χ4v) is 10.3. The van der Waals surface area contributed by atoms with E-state index in [1.807, 2.05) is 41.8 Å². The molecule has 298 valence electrons. The first kappa shape index (κ1) is 38.1. The highest BCUT2D eigenvalue weighted by molar-refractivity contribution is 7.91. The van der Waals surface area contributed by atoms with Crippen LogP contribution in [0.5, 0.6) is 5.75 Å². The highest BCUT2D eigenvalue weighted by Crippen LogP contribution is 2.46. The minimum atomic E-state index is -3.92. The summed E-state index contributed by atoms with van der Waals surface area (Å²) in [4.78, 5) is 71.4. The van der Waals surface area contributed by atoms with Gasteiger partial charge < -0.3 is 25.0 Å². The van der Waals surface area contributed by atoms with Crippen molar-refractivity contribution >= 4 is 55.3 Å². The van der Waals surface area contributed by atoms with Gasteiger partial charge >= 0.3 is 11.7 Å². The third kappa shape index (κ3) is 7.42. The molecule has 56 heavy (non-hydrogen) atoms. The van der Waals surface area contributed by atoms with E-state index in [-0.39, 0.29) is 31.2 Å². The van der Waals surface area contributed by atoms with E-state index < -0.39 is 74.2 Å². The molecule has 4 unspecified atom stereocenters. The number of fused-ring (bicyclic) bond motifs is 3. The maximum absolute atomic E-state index is 14.6. The van der Waals surface area contributed by atoms with Crippen molar-refractivity contribution in [3.63, 3.8) is 0 Å². The molecular weight excluding hydrogens is 761 g/mol. The van der Waals surface area contributed by atoms with Gasteiger partial charge in [-0.3, -0.25) is 23.9 Å². The van der Waals surface area contributed by atoms with Crippen molar-refractivity contribution in [2.45, 2.75) is 112 Å². The molecule has 3 aliphatic carbocycles. The van der Waals surface area contributed by atoms with Crippen LogP contribution in [0.25, 0.3) is 21.2 Å². The second-order valence-electron chi connectivity index (χ2n) is 15.5. The molecule has 4 fully saturated rings. The molecule has 0 bridgehead atoms. The standard InChI is InChI=1S/C39H46N6O9S2/c1-53-33-29(27-12-8-14-32-28(27)17-18-55-32)21-40-45(36(33)48)24-19-31-34(46)42-39(37(49)43-56(51,52)26-15-16-26)20-23(39)9-5-3-2-4-6-13-30(35(47)44(31)22-24)41-38(50)54-25-10-7-11-25/h5,8-9,12,14,17-18,21,23-26,30-31H,2-4,6-7,10-11,13,15-16,19-20,22H2,1H3,(H,41,50)(H,42,46)(H,43,49)/b9-5-/t23?,24?,30?,31-,39?/m0/s1. The number of methoxy groups -OCH3 is 1. The van der Waals surface area contributed by atoms with Crippen LogP contribution in [0.1, 0.15) is 83.1 Å². The van der Waals surface area contributed by atoms with Crippen molar-refractivity contribution in [1.29, 1.82) is 0 Å². The second kappa shape index (κ2) is 15.3. The van der Waals surface area contributed by atoms with Gasteiger partial charge in [-0.1, -0.05) is 37.1 Å². The van der Waals surface area contributed by atoms with Crippen LogP contribution in [0.2, 0.25) is 0 Å². The summed E-state index contributed by atoms with van der Waals surface area (Å²) in [5.74, 6) is -2.44. The number of thiophene rings is 1. The van der Waals surface area contributed by atoms with Crippen LogP contribution in [0.3, 0.4) is 0 Å². The van der Waals surface area contributed by atoms with Crippen molar-refractivity contribution < 1.29 is 37.1 Å². The van der Waals surface area contributed by atoms with Crippen LogP contribution < -0.4 is 25.7 Å². The molecule has 4 amide bonds. The van der Waals surface area contributed by atoms with E-state index in [2.05, 4.69) is 20.5 Å². The van der Waals surface area contributed by atoms with Gasteiger partial charge in [-0.15, -0.1) is 11.3 Å². The summed E-state index contributed by atoms with van der Waals surface area (Å²) >= 11 is 1.57. The summed E-state index contributed by atoms with van der Waals surface area (Å²) in [6, 6.07) is 4.72. The Morgan fingerprint density at radius 1 is 1.02 bits per heavy atom. The Morgan fingerprint density at radius 3 is 2.59 bits per heavy atom. The molecule has 5 aliphatic rings. The largest absolute Gasteiger partial charge is 0.491 e. The van der Waals surface area contributed by atoms with E-state index >= 15 is 0 Å². The molecule has 0 spiro atoms. The van der Waals surface area contributed by atoms with Gasteiger partial charge in [0.05, 0.1) is 30.2 Å². The highest BCUT2D eigenvalue weighted by atomic mass is 32.2. The Balaban J connectivity index is 1.13. The van der Waals surface area contributed by atoms with Gasteiger partial charge in [0.2, 0.25) is 21.8 Å². The lowest BCUT2D eigenvalue weighted by Crippen LogP contribution is -2.58. The number of carbonyl (C=O) groups excluding carboxylic acids is 4. The molecule has 1 aromatic carbocycles. The summed E-state index contributed by atoms with van der Waals surface area (Å²) in [6.45, 7) is -0.110. The molecule has 3 aromatic rings. The van der Waals surface area contributed by atoms with Crippen LogP contribution in [-0.4, -0.2) is 89.5 Å². The third-order valence-corrected chi connectivity index (χ3v) is 14.5. The number of allylic oxidation sites excluding steroid dienone is 1. The van der Waals surface area contributed by atoms with E-state index in [0.717, 1.165) is 47.8 Å². The summed E-state index contributed by atoms with van der Waals surface area (Å²) < 4.78 is 41.4. The lowest BCUT2D eigenvalue weighted by Gasteiger charge is -2.31.